The number of hydrogen-bond donors (Lipinski definition) is 2. The van der Waals surface area contributed by atoms with E-state index >= 15 is 0 Å². The molecule has 1 atom stereocenters. The molecule has 3 rings (SSSR count). The predicted octanol–water partition coefficient (Wildman–Crippen LogP) is 2.11. The van der Waals surface area contributed by atoms with Crippen LogP contribution in [0.2, 0.25) is 0 Å². The monoisotopic (exact) mass is 297 g/mol. The standard InChI is InChI=1S/C17H15NO4/c1-22-12-8-6-11(7-9-12)15(19)10-17(21)13-4-2-3-5-14(13)18-16(17)20/h2-9,21H,10H2,1H3,(H,18,20)/t17-/m1/s1. The van der Waals surface area contributed by atoms with Crippen LogP contribution in [-0.4, -0.2) is 23.9 Å². The van der Waals surface area contributed by atoms with Crippen molar-refractivity contribution in [1.29, 1.82) is 0 Å². The van der Waals surface area contributed by atoms with Gasteiger partial charge in [-0.15, -0.1) is 0 Å². The molecule has 0 saturated carbocycles. The smallest absolute Gasteiger partial charge is 0.261 e. The summed E-state index contributed by atoms with van der Waals surface area (Å²) in [4.78, 5) is 24.5. The summed E-state index contributed by atoms with van der Waals surface area (Å²) in [5.41, 5.74) is -0.432. The van der Waals surface area contributed by atoms with Crippen LogP contribution >= 0.6 is 0 Å². The number of ketones is 1. The number of carbonyl (C=O) groups is 2. The minimum Gasteiger partial charge on any atom is -0.497 e. The second-order valence-electron chi connectivity index (χ2n) is 5.19. The molecular formula is C17H15NO4. The summed E-state index contributed by atoms with van der Waals surface area (Å²) < 4.78 is 5.04. The molecule has 0 radical (unpaired) electrons. The molecule has 112 valence electrons. The van der Waals surface area contributed by atoms with E-state index < -0.39 is 11.5 Å². The zero-order valence-corrected chi connectivity index (χ0v) is 12.0. The van der Waals surface area contributed by atoms with Crippen LogP contribution in [0.15, 0.2) is 48.5 Å². The Morgan fingerprint density at radius 2 is 1.86 bits per heavy atom. The van der Waals surface area contributed by atoms with Gasteiger partial charge < -0.3 is 15.2 Å². The first-order chi connectivity index (χ1) is 10.5. The molecule has 2 aromatic rings. The SMILES string of the molecule is COc1ccc(C(=O)C[C@]2(O)C(=O)Nc3ccccc32)cc1. The quantitative estimate of drug-likeness (QED) is 0.848. The van der Waals surface area contributed by atoms with E-state index in [1.54, 1.807) is 55.6 Å². The number of ether oxygens (including phenoxy) is 1. The lowest BCUT2D eigenvalue weighted by atomic mass is 9.88. The van der Waals surface area contributed by atoms with Crippen LogP contribution in [0.4, 0.5) is 5.69 Å². The number of carbonyl (C=O) groups excluding carboxylic acids is 2. The summed E-state index contributed by atoms with van der Waals surface area (Å²) in [6.07, 6.45) is -0.303. The van der Waals surface area contributed by atoms with Gasteiger partial charge in [0.15, 0.2) is 11.4 Å². The normalized spacial score (nSPS) is 19.5. The first-order valence-corrected chi connectivity index (χ1v) is 6.85. The number of fused-ring (bicyclic) bond motifs is 1. The molecule has 1 aliphatic heterocycles. The van der Waals surface area contributed by atoms with Crippen molar-refractivity contribution in [3.8, 4) is 5.75 Å². The van der Waals surface area contributed by atoms with E-state index in [1.807, 2.05) is 0 Å². The molecule has 5 heteroatoms. The van der Waals surface area contributed by atoms with Gasteiger partial charge in [0, 0.05) is 16.8 Å². The van der Waals surface area contributed by atoms with Crippen molar-refractivity contribution in [2.24, 2.45) is 0 Å². The molecule has 0 aromatic heterocycles. The van der Waals surface area contributed by atoms with Crippen LogP contribution in [0.25, 0.3) is 0 Å². The summed E-state index contributed by atoms with van der Waals surface area (Å²) in [6, 6.07) is 13.4. The fourth-order valence-corrected chi connectivity index (χ4v) is 2.59. The molecule has 0 spiro atoms. The van der Waals surface area contributed by atoms with Gasteiger partial charge in [-0.1, -0.05) is 18.2 Å². The number of rotatable bonds is 4. The molecule has 1 amide bonds. The highest BCUT2D eigenvalue weighted by Crippen LogP contribution is 2.38. The molecule has 2 aromatic carbocycles. The van der Waals surface area contributed by atoms with E-state index in [0.717, 1.165) is 0 Å². The highest BCUT2D eigenvalue weighted by atomic mass is 16.5. The van der Waals surface area contributed by atoms with Gasteiger partial charge in [0.2, 0.25) is 0 Å². The lowest BCUT2D eigenvalue weighted by Gasteiger charge is -2.20. The van der Waals surface area contributed by atoms with Crippen molar-refractivity contribution in [3.05, 3.63) is 59.7 Å². The molecule has 0 saturated heterocycles. The molecular weight excluding hydrogens is 282 g/mol. The highest BCUT2D eigenvalue weighted by molar-refractivity contribution is 6.09. The van der Waals surface area contributed by atoms with Gasteiger partial charge in [-0.3, -0.25) is 9.59 Å². The second-order valence-corrected chi connectivity index (χ2v) is 5.19. The van der Waals surface area contributed by atoms with Crippen LogP contribution in [0.1, 0.15) is 22.3 Å². The Labute approximate surface area is 127 Å². The van der Waals surface area contributed by atoms with Crippen LogP contribution < -0.4 is 10.1 Å². The number of methoxy groups -OCH3 is 1. The van der Waals surface area contributed by atoms with E-state index in [1.165, 1.54) is 0 Å². The summed E-state index contributed by atoms with van der Waals surface area (Å²) in [5, 5.41) is 13.3. The molecule has 0 unspecified atom stereocenters. The minimum atomic E-state index is -1.83. The maximum absolute atomic E-state index is 12.4. The summed E-state index contributed by atoms with van der Waals surface area (Å²) >= 11 is 0. The predicted molar refractivity (Wildman–Crippen MR) is 80.9 cm³/mol. The van der Waals surface area contributed by atoms with E-state index in [9.17, 15) is 14.7 Å². The number of para-hydroxylation sites is 1. The molecule has 0 fully saturated rings. The van der Waals surface area contributed by atoms with Gasteiger partial charge in [0.05, 0.1) is 13.5 Å². The Morgan fingerprint density at radius 1 is 1.18 bits per heavy atom. The van der Waals surface area contributed by atoms with Crippen LogP contribution in [0, 0.1) is 0 Å². The van der Waals surface area contributed by atoms with Crippen molar-refractivity contribution >= 4 is 17.4 Å². The van der Waals surface area contributed by atoms with Gasteiger partial charge >= 0.3 is 0 Å². The number of hydrogen-bond acceptors (Lipinski definition) is 4. The first kappa shape index (κ1) is 14.3. The molecule has 1 aliphatic rings. The number of amides is 1. The first-order valence-electron chi connectivity index (χ1n) is 6.85. The number of benzene rings is 2. The number of nitrogens with one attached hydrogen (secondary N) is 1. The Balaban J connectivity index is 1.88. The van der Waals surface area contributed by atoms with Crippen molar-refractivity contribution < 1.29 is 19.4 Å². The highest BCUT2D eigenvalue weighted by Gasteiger charge is 2.46. The number of Topliss-reactive ketones (excluding diaryl/α,β-unsaturated/α-hetero) is 1. The minimum absolute atomic E-state index is 0.303. The van der Waals surface area contributed by atoms with E-state index in [4.69, 9.17) is 4.74 Å². The van der Waals surface area contributed by atoms with Gasteiger partial charge in [-0.2, -0.15) is 0 Å². The fourth-order valence-electron chi connectivity index (χ4n) is 2.59. The third kappa shape index (κ3) is 2.25. The lowest BCUT2D eigenvalue weighted by Crippen LogP contribution is -2.36. The maximum atomic E-state index is 12.4. The Morgan fingerprint density at radius 3 is 2.55 bits per heavy atom. The Kier molecular flexibility index (Phi) is 3.42. The van der Waals surface area contributed by atoms with Gasteiger partial charge in [-0.25, -0.2) is 0 Å². The van der Waals surface area contributed by atoms with Gasteiger partial charge in [0.1, 0.15) is 5.75 Å². The van der Waals surface area contributed by atoms with Crippen molar-refractivity contribution in [2.45, 2.75) is 12.0 Å². The lowest BCUT2D eigenvalue weighted by molar-refractivity contribution is -0.133. The summed E-state index contributed by atoms with van der Waals surface area (Å²) in [7, 11) is 1.54. The average Bonchev–Trinajstić information content (AvgIpc) is 2.79. The second kappa shape index (κ2) is 5.27. The van der Waals surface area contributed by atoms with Crippen molar-refractivity contribution in [1.82, 2.24) is 0 Å². The molecule has 0 aliphatic carbocycles. The number of aliphatic hydroxyl groups is 1. The van der Waals surface area contributed by atoms with Gasteiger partial charge in [0.25, 0.3) is 5.91 Å². The third-order valence-electron chi connectivity index (χ3n) is 3.82. The zero-order valence-electron chi connectivity index (χ0n) is 12.0. The summed E-state index contributed by atoms with van der Waals surface area (Å²) in [6.45, 7) is 0. The largest absolute Gasteiger partial charge is 0.497 e. The van der Waals surface area contributed by atoms with Crippen LogP contribution in [0.3, 0.4) is 0 Å². The number of anilines is 1. The Bertz CT molecular complexity index is 739. The van der Waals surface area contributed by atoms with Crippen molar-refractivity contribution in [3.63, 3.8) is 0 Å². The summed E-state index contributed by atoms with van der Waals surface area (Å²) in [5.74, 6) is -0.244. The average molecular weight is 297 g/mol. The maximum Gasteiger partial charge on any atom is 0.261 e. The molecule has 1 heterocycles. The molecule has 2 N–H and O–H groups in total. The van der Waals surface area contributed by atoms with E-state index in [0.29, 0.717) is 22.6 Å². The molecule has 5 nitrogen and oxygen atoms in total. The Hall–Kier alpha value is -2.66. The van der Waals surface area contributed by atoms with Crippen LogP contribution in [0.5, 0.6) is 5.75 Å². The van der Waals surface area contributed by atoms with E-state index in [2.05, 4.69) is 5.32 Å². The third-order valence-corrected chi connectivity index (χ3v) is 3.82. The zero-order chi connectivity index (χ0) is 15.7. The fraction of sp³-hybridized carbons (Fsp3) is 0.176. The topological polar surface area (TPSA) is 75.6 Å². The van der Waals surface area contributed by atoms with Crippen LogP contribution in [-0.2, 0) is 10.4 Å². The van der Waals surface area contributed by atoms with E-state index in [-0.39, 0.29) is 12.2 Å². The molecule has 22 heavy (non-hydrogen) atoms. The van der Waals surface area contributed by atoms with Crippen molar-refractivity contribution in [2.75, 3.05) is 12.4 Å². The van der Waals surface area contributed by atoms with Gasteiger partial charge in [-0.05, 0) is 30.3 Å². The molecule has 0 bridgehead atoms.